The first-order valence-corrected chi connectivity index (χ1v) is 10.7. The van der Waals surface area contributed by atoms with Crippen LogP contribution in [0.4, 0.5) is 0 Å². The van der Waals surface area contributed by atoms with Crippen LogP contribution in [-0.4, -0.2) is 32.1 Å². The molecule has 0 atom stereocenters. The predicted molar refractivity (Wildman–Crippen MR) is 129 cm³/mol. The minimum absolute atomic E-state index is 0.135. The van der Waals surface area contributed by atoms with E-state index in [0.717, 1.165) is 24.5 Å². The molecule has 0 aromatic heterocycles. The Balaban J connectivity index is 1.54. The number of rotatable bonds is 10. The van der Waals surface area contributed by atoms with Crippen LogP contribution in [0.5, 0.6) is 5.75 Å². The molecule has 166 valence electrons. The summed E-state index contributed by atoms with van der Waals surface area (Å²) in [7, 11) is 1.76. The van der Waals surface area contributed by atoms with Gasteiger partial charge in [-0.25, -0.2) is 0 Å². The zero-order valence-corrected chi connectivity index (χ0v) is 18.3. The van der Waals surface area contributed by atoms with Crippen LogP contribution in [0, 0.1) is 0 Å². The monoisotopic (exact) mass is 430 g/mol. The fourth-order valence-electron chi connectivity index (χ4n) is 3.54. The number of hydrogen-bond donors (Lipinski definition) is 3. The molecular formula is C26H30N4O2. The van der Waals surface area contributed by atoms with E-state index in [1.807, 2.05) is 30.3 Å². The minimum Gasteiger partial charge on any atom is -0.484 e. The van der Waals surface area contributed by atoms with Gasteiger partial charge in [0.15, 0.2) is 12.6 Å². The summed E-state index contributed by atoms with van der Waals surface area (Å²) in [6.45, 7) is 1.22. The van der Waals surface area contributed by atoms with E-state index in [-0.39, 0.29) is 6.61 Å². The zero-order valence-electron chi connectivity index (χ0n) is 18.3. The van der Waals surface area contributed by atoms with Gasteiger partial charge in [-0.1, -0.05) is 72.8 Å². The summed E-state index contributed by atoms with van der Waals surface area (Å²) in [5, 5.41) is 6.73. The van der Waals surface area contributed by atoms with Crippen LogP contribution in [0.1, 0.15) is 29.0 Å². The molecule has 0 radical (unpaired) electrons. The third kappa shape index (κ3) is 7.16. The van der Waals surface area contributed by atoms with Gasteiger partial charge in [0.2, 0.25) is 0 Å². The van der Waals surface area contributed by atoms with Crippen molar-refractivity contribution in [1.29, 1.82) is 0 Å². The highest BCUT2D eigenvalue weighted by Gasteiger charge is 2.13. The van der Waals surface area contributed by atoms with E-state index in [0.29, 0.717) is 18.2 Å². The lowest BCUT2D eigenvalue weighted by atomic mass is 9.88. The molecule has 0 aliphatic carbocycles. The molecule has 0 heterocycles. The number of amides is 1. The molecule has 0 aliphatic heterocycles. The molecule has 0 saturated carbocycles. The highest BCUT2D eigenvalue weighted by molar-refractivity contribution is 5.79. The summed E-state index contributed by atoms with van der Waals surface area (Å²) < 4.78 is 5.37. The highest BCUT2D eigenvalue weighted by Crippen LogP contribution is 2.27. The maximum atomic E-state index is 10.9. The number of nitrogens with two attached hydrogens (primary N) is 1. The number of carbonyl (C=O) groups is 1. The molecule has 0 saturated heterocycles. The summed E-state index contributed by atoms with van der Waals surface area (Å²) in [4.78, 5) is 15.2. The summed E-state index contributed by atoms with van der Waals surface area (Å²) >= 11 is 0. The summed E-state index contributed by atoms with van der Waals surface area (Å²) in [5.41, 5.74) is 8.76. The van der Waals surface area contributed by atoms with Crippen molar-refractivity contribution >= 4 is 11.9 Å². The lowest BCUT2D eigenvalue weighted by Crippen LogP contribution is -2.37. The summed E-state index contributed by atoms with van der Waals surface area (Å²) in [6, 6.07) is 28.7. The number of ether oxygens (including phenoxy) is 1. The van der Waals surface area contributed by atoms with E-state index in [4.69, 9.17) is 10.5 Å². The SMILES string of the molecule is CN=C(NCCC(c1ccccc1)c1ccccc1)NCc1cccc(OCC(N)=O)c1. The third-order valence-corrected chi connectivity index (χ3v) is 5.09. The fraction of sp³-hybridized carbons (Fsp3) is 0.231. The van der Waals surface area contributed by atoms with Crippen LogP contribution in [-0.2, 0) is 11.3 Å². The number of benzene rings is 3. The van der Waals surface area contributed by atoms with Gasteiger partial charge in [0, 0.05) is 26.1 Å². The molecule has 0 aliphatic rings. The molecule has 0 fully saturated rings. The number of nitrogens with zero attached hydrogens (tertiary/aromatic N) is 1. The van der Waals surface area contributed by atoms with Gasteiger partial charge in [0.25, 0.3) is 5.91 Å². The van der Waals surface area contributed by atoms with E-state index < -0.39 is 5.91 Å². The molecule has 1 amide bonds. The molecule has 3 aromatic rings. The van der Waals surface area contributed by atoms with Gasteiger partial charge >= 0.3 is 0 Å². The number of primary amides is 1. The third-order valence-electron chi connectivity index (χ3n) is 5.09. The van der Waals surface area contributed by atoms with Crippen molar-refractivity contribution in [2.45, 2.75) is 18.9 Å². The second-order valence-corrected chi connectivity index (χ2v) is 7.42. The topological polar surface area (TPSA) is 88.7 Å². The molecule has 0 unspecified atom stereocenters. The van der Waals surface area contributed by atoms with Crippen molar-refractivity contribution in [2.24, 2.45) is 10.7 Å². The average Bonchev–Trinajstić information content (AvgIpc) is 2.84. The standard InChI is InChI=1S/C26H30N4O2/c1-28-26(30-18-20-9-8-14-23(17-20)32-19-25(27)31)29-16-15-24(21-10-4-2-5-11-21)22-12-6-3-7-13-22/h2-14,17,24H,15-16,18-19H2,1H3,(H2,27,31)(H2,28,29,30). The second-order valence-electron chi connectivity index (χ2n) is 7.42. The zero-order chi connectivity index (χ0) is 22.6. The van der Waals surface area contributed by atoms with Crippen LogP contribution in [0.25, 0.3) is 0 Å². The first kappa shape index (κ1) is 22.9. The van der Waals surface area contributed by atoms with Crippen LogP contribution < -0.4 is 21.1 Å². The Morgan fingerprint density at radius 1 is 0.938 bits per heavy atom. The molecule has 6 heteroatoms. The van der Waals surface area contributed by atoms with Gasteiger partial charge in [-0.3, -0.25) is 9.79 Å². The Labute approximate surface area is 189 Å². The van der Waals surface area contributed by atoms with E-state index in [9.17, 15) is 4.79 Å². The van der Waals surface area contributed by atoms with Crippen molar-refractivity contribution in [1.82, 2.24) is 10.6 Å². The quantitative estimate of drug-likeness (QED) is 0.340. The van der Waals surface area contributed by atoms with E-state index in [1.54, 1.807) is 13.1 Å². The number of aliphatic imine (C=N–C) groups is 1. The first-order valence-electron chi connectivity index (χ1n) is 10.7. The molecule has 3 aromatic carbocycles. The van der Waals surface area contributed by atoms with Crippen LogP contribution in [0.2, 0.25) is 0 Å². The molecular weight excluding hydrogens is 400 g/mol. The maximum absolute atomic E-state index is 10.9. The Kier molecular flexibility index (Phi) is 8.69. The fourth-order valence-corrected chi connectivity index (χ4v) is 3.54. The smallest absolute Gasteiger partial charge is 0.255 e. The Hall–Kier alpha value is -3.80. The van der Waals surface area contributed by atoms with E-state index in [2.05, 4.69) is 64.2 Å². The maximum Gasteiger partial charge on any atom is 0.255 e. The molecule has 6 nitrogen and oxygen atoms in total. The van der Waals surface area contributed by atoms with Gasteiger partial charge in [-0.15, -0.1) is 0 Å². The lowest BCUT2D eigenvalue weighted by Gasteiger charge is -2.19. The number of nitrogens with one attached hydrogen (secondary N) is 2. The largest absolute Gasteiger partial charge is 0.484 e. The van der Waals surface area contributed by atoms with Gasteiger partial charge in [-0.2, -0.15) is 0 Å². The van der Waals surface area contributed by atoms with Crippen molar-refractivity contribution in [3.05, 3.63) is 102 Å². The normalized spacial score (nSPS) is 11.2. The van der Waals surface area contributed by atoms with E-state index in [1.165, 1.54) is 11.1 Å². The Morgan fingerprint density at radius 2 is 1.59 bits per heavy atom. The van der Waals surface area contributed by atoms with Gasteiger partial charge < -0.3 is 21.1 Å². The van der Waals surface area contributed by atoms with Crippen LogP contribution in [0.15, 0.2) is 89.9 Å². The molecule has 0 spiro atoms. The Bertz CT molecular complexity index is 967. The molecule has 32 heavy (non-hydrogen) atoms. The van der Waals surface area contributed by atoms with Crippen molar-refractivity contribution < 1.29 is 9.53 Å². The summed E-state index contributed by atoms with van der Waals surface area (Å²) in [6.07, 6.45) is 0.936. The average molecular weight is 431 g/mol. The predicted octanol–water partition coefficient (Wildman–Crippen LogP) is 3.44. The lowest BCUT2D eigenvalue weighted by molar-refractivity contribution is -0.119. The van der Waals surface area contributed by atoms with Crippen LogP contribution in [0.3, 0.4) is 0 Å². The highest BCUT2D eigenvalue weighted by atomic mass is 16.5. The second kappa shape index (κ2) is 12.2. The Morgan fingerprint density at radius 3 is 2.19 bits per heavy atom. The number of guanidine groups is 1. The van der Waals surface area contributed by atoms with Crippen molar-refractivity contribution in [3.8, 4) is 5.75 Å². The molecule has 4 N–H and O–H groups in total. The van der Waals surface area contributed by atoms with Gasteiger partial charge in [0.05, 0.1) is 0 Å². The van der Waals surface area contributed by atoms with Crippen LogP contribution >= 0.6 is 0 Å². The molecule has 0 bridgehead atoms. The van der Waals surface area contributed by atoms with E-state index >= 15 is 0 Å². The van der Waals surface area contributed by atoms with Crippen molar-refractivity contribution in [2.75, 3.05) is 20.2 Å². The summed E-state index contributed by atoms with van der Waals surface area (Å²) in [5.74, 6) is 1.15. The van der Waals surface area contributed by atoms with Crippen molar-refractivity contribution in [3.63, 3.8) is 0 Å². The first-order chi connectivity index (χ1) is 15.7. The molecule has 3 rings (SSSR count). The van der Waals surface area contributed by atoms with Gasteiger partial charge in [-0.05, 0) is 35.2 Å². The van der Waals surface area contributed by atoms with Gasteiger partial charge in [0.1, 0.15) is 5.75 Å². The number of hydrogen-bond acceptors (Lipinski definition) is 3. The number of carbonyl (C=O) groups excluding carboxylic acids is 1. The minimum atomic E-state index is -0.498.